The molecule has 9 heteroatoms. The van der Waals surface area contributed by atoms with Crippen LogP contribution in [0.3, 0.4) is 0 Å². The summed E-state index contributed by atoms with van der Waals surface area (Å²) in [5.41, 5.74) is 2.91. The third kappa shape index (κ3) is 4.38. The van der Waals surface area contributed by atoms with E-state index in [2.05, 4.69) is 5.32 Å². The van der Waals surface area contributed by atoms with Gasteiger partial charge in [-0.05, 0) is 30.3 Å². The quantitative estimate of drug-likeness (QED) is 0.634. The summed E-state index contributed by atoms with van der Waals surface area (Å²) in [5, 5.41) is 11.6. The van der Waals surface area contributed by atoms with Crippen LogP contribution in [0.15, 0.2) is 48.5 Å². The van der Waals surface area contributed by atoms with Gasteiger partial charge in [0.15, 0.2) is 0 Å². The molecular formula is C15H12F3N3O3. The number of carbonyl (C=O) groups excluding carboxylic acids is 2. The number of carbonyl (C=O) groups is 2. The first-order valence-corrected chi connectivity index (χ1v) is 6.60. The molecule has 0 saturated carbocycles. The van der Waals surface area contributed by atoms with Gasteiger partial charge in [-0.15, -0.1) is 0 Å². The Balaban J connectivity index is 1.95. The maximum absolute atomic E-state index is 12.6. The van der Waals surface area contributed by atoms with Crippen LogP contribution < -0.4 is 16.2 Å². The molecule has 0 radical (unpaired) electrons. The highest BCUT2D eigenvalue weighted by Crippen LogP contribution is 2.30. The maximum Gasteiger partial charge on any atom is 0.416 e. The van der Waals surface area contributed by atoms with Crippen LogP contribution in [0.5, 0.6) is 5.75 Å². The fraction of sp³-hybridized carbons (Fsp3) is 0.0667. The Morgan fingerprint density at radius 1 is 0.958 bits per heavy atom. The van der Waals surface area contributed by atoms with Crippen molar-refractivity contribution in [2.75, 3.05) is 5.32 Å². The van der Waals surface area contributed by atoms with Gasteiger partial charge in [-0.1, -0.05) is 18.2 Å². The number of para-hydroxylation sites is 1. The second-order valence-electron chi connectivity index (χ2n) is 4.63. The van der Waals surface area contributed by atoms with Crippen molar-refractivity contribution in [3.05, 3.63) is 59.7 Å². The number of halogens is 3. The summed E-state index contributed by atoms with van der Waals surface area (Å²) < 4.78 is 37.7. The van der Waals surface area contributed by atoms with E-state index in [0.29, 0.717) is 0 Å². The zero-order chi connectivity index (χ0) is 17.7. The molecule has 0 fully saturated rings. The molecular weight excluding hydrogens is 327 g/mol. The average Bonchev–Trinajstić information content (AvgIpc) is 2.52. The van der Waals surface area contributed by atoms with Gasteiger partial charge in [-0.3, -0.25) is 10.2 Å². The summed E-state index contributed by atoms with van der Waals surface area (Å²) >= 11 is 0. The number of urea groups is 1. The summed E-state index contributed by atoms with van der Waals surface area (Å²) in [6, 6.07) is 8.72. The minimum atomic E-state index is -4.53. The van der Waals surface area contributed by atoms with Crippen molar-refractivity contribution in [2.24, 2.45) is 0 Å². The minimum absolute atomic E-state index is 0.0723. The van der Waals surface area contributed by atoms with Crippen molar-refractivity contribution in [1.29, 1.82) is 0 Å². The highest BCUT2D eigenvalue weighted by Gasteiger charge is 2.30. The summed E-state index contributed by atoms with van der Waals surface area (Å²) in [4.78, 5) is 23.4. The Labute approximate surface area is 134 Å². The molecule has 2 aromatic carbocycles. The number of alkyl halides is 3. The van der Waals surface area contributed by atoms with Gasteiger partial charge in [-0.2, -0.15) is 13.2 Å². The highest BCUT2D eigenvalue weighted by atomic mass is 19.4. The number of hydrogen-bond acceptors (Lipinski definition) is 3. The predicted octanol–water partition coefficient (Wildman–Crippen LogP) is 2.88. The molecule has 2 aromatic rings. The first-order valence-electron chi connectivity index (χ1n) is 6.60. The Bertz CT molecular complexity index is 763. The summed E-state index contributed by atoms with van der Waals surface area (Å²) in [7, 11) is 0. The first-order chi connectivity index (χ1) is 11.3. The van der Waals surface area contributed by atoms with Gasteiger partial charge < -0.3 is 10.4 Å². The SMILES string of the molecule is O=C(NNC(=O)c1ccccc1O)Nc1cccc(C(F)(F)F)c1. The van der Waals surface area contributed by atoms with E-state index in [-0.39, 0.29) is 17.0 Å². The normalized spacial score (nSPS) is 10.8. The number of rotatable bonds is 2. The topological polar surface area (TPSA) is 90.5 Å². The zero-order valence-electron chi connectivity index (χ0n) is 12.0. The molecule has 0 aromatic heterocycles. The number of phenolic OH excluding ortho intramolecular Hbond substituents is 1. The highest BCUT2D eigenvalue weighted by molar-refractivity contribution is 5.98. The van der Waals surface area contributed by atoms with Crippen molar-refractivity contribution >= 4 is 17.6 Å². The van der Waals surface area contributed by atoms with E-state index in [9.17, 15) is 27.9 Å². The molecule has 0 unspecified atom stereocenters. The average molecular weight is 339 g/mol. The zero-order valence-corrected chi connectivity index (χ0v) is 12.0. The molecule has 6 nitrogen and oxygen atoms in total. The molecule has 2 rings (SSSR count). The minimum Gasteiger partial charge on any atom is -0.507 e. The van der Waals surface area contributed by atoms with Gasteiger partial charge in [0.05, 0.1) is 11.1 Å². The number of nitrogens with one attached hydrogen (secondary N) is 3. The number of hydrazine groups is 1. The lowest BCUT2D eigenvalue weighted by Gasteiger charge is -2.11. The molecule has 0 bridgehead atoms. The van der Waals surface area contributed by atoms with Crippen LogP contribution in [0.1, 0.15) is 15.9 Å². The number of anilines is 1. The molecule has 0 aliphatic rings. The van der Waals surface area contributed by atoms with Gasteiger partial charge in [0.25, 0.3) is 5.91 Å². The van der Waals surface area contributed by atoms with Crippen LogP contribution in [0.25, 0.3) is 0 Å². The Kier molecular flexibility index (Phi) is 4.93. The van der Waals surface area contributed by atoms with E-state index in [1.165, 1.54) is 30.3 Å². The Morgan fingerprint density at radius 2 is 1.67 bits per heavy atom. The van der Waals surface area contributed by atoms with Gasteiger partial charge >= 0.3 is 12.2 Å². The molecule has 0 atom stereocenters. The lowest BCUT2D eigenvalue weighted by atomic mass is 10.2. The van der Waals surface area contributed by atoms with Crippen LogP contribution in [-0.2, 0) is 6.18 Å². The van der Waals surface area contributed by atoms with E-state index >= 15 is 0 Å². The lowest BCUT2D eigenvalue weighted by Crippen LogP contribution is -2.43. The van der Waals surface area contributed by atoms with Crippen molar-refractivity contribution in [3.63, 3.8) is 0 Å². The van der Waals surface area contributed by atoms with E-state index in [1.807, 2.05) is 10.9 Å². The molecule has 0 spiro atoms. The molecule has 24 heavy (non-hydrogen) atoms. The molecule has 3 amide bonds. The molecule has 0 saturated heterocycles. The fourth-order valence-electron chi connectivity index (χ4n) is 1.78. The Morgan fingerprint density at radius 3 is 2.33 bits per heavy atom. The molecule has 126 valence electrons. The largest absolute Gasteiger partial charge is 0.507 e. The number of amides is 3. The number of phenols is 1. The number of aromatic hydroxyl groups is 1. The van der Waals surface area contributed by atoms with Gasteiger partial charge in [0, 0.05) is 5.69 Å². The van der Waals surface area contributed by atoms with Crippen LogP contribution in [0.2, 0.25) is 0 Å². The predicted molar refractivity (Wildman–Crippen MR) is 79.2 cm³/mol. The molecule has 4 N–H and O–H groups in total. The smallest absolute Gasteiger partial charge is 0.416 e. The summed E-state index contributed by atoms with van der Waals surface area (Å²) in [5.74, 6) is -1.07. The second-order valence-corrected chi connectivity index (χ2v) is 4.63. The summed E-state index contributed by atoms with van der Waals surface area (Å²) in [6.45, 7) is 0. The first kappa shape index (κ1) is 17.1. The van der Waals surface area contributed by atoms with E-state index in [0.717, 1.165) is 18.2 Å². The lowest BCUT2D eigenvalue weighted by molar-refractivity contribution is -0.137. The molecule has 0 heterocycles. The summed E-state index contributed by atoms with van der Waals surface area (Å²) in [6.07, 6.45) is -4.53. The van der Waals surface area contributed by atoms with Gasteiger partial charge in [0.2, 0.25) is 0 Å². The standard InChI is InChI=1S/C15H12F3N3O3/c16-15(17,18)9-4-3-5-10(8-9)19-14(24)21-20-13(23)11-6-1-2-7-12(11)22/h1-8,22H,(H,20,23)(H2,19,21,24). The van der Waals surface area contributed by atoms with Crippen LogP contribution >= 0.6 is 0 Å². The van der Waals surface area contributed by atoms with E-state index in [1.54, 1.807) is 0 Å². The molecule has 0 aliphatic carbocycles. The van der Waals surface area contributed by atoms with Crippen molar-refractivity contribution in [2.45, 2.75) is 6.18 Å². The van der Waals surface area contributed by atoms with Crippen LogP contribution in [0.4, 0.5) is 23.7 Å². The molecule has 0 aliphatic heterocycles. The number of hydrogen-bond donors (Lipinski definition) is 4. The fourth-order valence-corrected chi connectivity index (χ4v) is 1.78. The van der Waals surface area contributed by atoms with E-state index in [4.69, 9.17) is 0 Å². The Hall–Kier alpha value is -3.23. The van der Waals surface area contributed by atoms with E-state index < -0.39 is 23.7 Å². The number of benzene rings is 2. The van der Waals surface area contributed by atoms with Gasteiger partial charge in [-0.25, -0.2) is 10.2 Å². The second kappa shape index (κ2) is 6.90. The van der Waals surface area contributed by atoms with Gasteiger partial charge in [0.1, 0.15) is 5.75 Å². The van der Waals surface area contributed by atoms with Crippen LogP contribution in [-0.4, -0.2) is 17.0 Å². The monoisotopic (exact) mass is 339 g/mol. The van der Waals surface area contributed by atoms with Crippen LogP contribution in [0, 0.1) is 0 Å². The maximum atomic E-state index is 12.6. The third-order valence-corrected chi connectivity index (χ3v) is 2.89. The van der Waals surface area contributed by atoms with Crippen molar-refractivity contribution in [1.82, 2.24) is 10.9 Å². The van der Waals surface area contributed by atoms with Crippen molar-refractivity contribution < 1.29 is 27.9 Å². The third-order valence-electron chi connectivity index (χ3n) is 2.89. The van der Waals surface area contributed by atoms with Crippen molar-refractivity contribution in [3.8, 4) is 5.75 Å².